The lowest BCUT2D eigenvalue weighted by atomic mass is 10.4. The summed E-state index contributed by atoms with van der Waals surface area (Å²) in [7, 11) is 0. The van der Waals surface area contributed by atoms with E-state index in [9.17, 15) is 8.78 Å². The van der Waals surface area contributed by atoms with Crippen LogP contribution in [0, 0.1) is 11.6 Å². The van der Waals surface area contributed by atoms with Gasteiger partial charge in [0, 0.05) is 12.1 Å². The van der Waals surface area contributed by atoms with Crippen LogP contribution in [0.25, 0.3) is 0 Å². The first-order valence-corrected chi connectivity index (χ1v) is 4.13. The van der Waals surface area contributed by atoms with Gasteiger partial charge in [0.05, 0.1) is 24.8 Å². The number of pyridine rings is 2. The van der Waals surface area contributed by atoms with Gasteiger partial charge in [-0.2, -0.15) is 0 Å². The Kier molecular flexibility index (Phi) is 2.53. The van der Waals surface area contributed by atoms with Crippen molar-refractivity contribution in [1.29, 1.82) is 0 Å². The average Bonchev–Trinajstić information content (AvgIpc) is 2.17. The molecule has 0 aliphatic carbocycles. The first-order valence-electron chi connectivity index (χ1n) is 4.13. The third kappa shape index (κ3) is 2.46. The number of ether oxygens (including phenoxy) is 1. The molecule has 0 saturated heterocycles. The van der Waals surface area contributed by atoms with E-state index in [1.807, 2.05) is 0 Å². The summed E-state index contributed by atoms with van der Waals surface area (Å²) in [6, 6.07) is 2.30. The number of nitrogens with zero attached hydrogens (tertiary/aromatic N) is 2. The SMILES string of the molecule is Fc1cncc(Oc2cncc(F)c2)c1. The van der Waals surface area contributed by atoms with Gasteiger partial charge in [0.25, 0.3) is 0 Å². The van der Waals surface area contributed by atoms with Gasteiger partial charge in [0.15, 0.2) is 0 Å². The van der Waals surface area contributed by atoms with Crippen molar-refractivity contribution < 1.29 is 13.5 Å². The minimum absolute atomic E-state index is 0.197. The highest BCUT2D eigenvalue weighted by Crippen LogP contribution is 2.20. The van der Waals surface area contributed by atoms with E-state index >= 15 is 0 Å². The highest BCUT2D eigenvalue weighted by atomic mass is 19.1. The minimum Gasteiger partial charge on any atom is -0.454 e. The van der Waals surface area contributed by atoms with Gasteiger partial charge in [-0.3, -0.25) is 9.97 Å². The van der Waals surface area contributed by atoms with Gasteiger partial charge in [-0.15, -0.1) is 0 Å². The van der Waals surface area contributed by atoms with Gasteiger partial charge in [-0.25, -0.2) is 8.78 Å². The van der Waals surface area contributed by atoms with Crippen molar-refractivity contribution in [2.75, 3.05) is 0 Å². The molecule has 0 aliphatic heterocycles. The molecule has 5 heteroatoms. The van der Waals surface area contributed by atoms with E-state index in [-0.39, 0.29) is 11.5 Å². The molecule has 0 bridgehead atoms. The van der Waals surface area contributed by atoms with Crippen molar-refractivity contribution in [3.05, 3.63) is 48.6 Å². The minimum atomic E-state index is -0.517. The van der Waals surface area contributed by atoms with E-state index in [4.69, 9.17) is 4.74 Å². The number of hydrogen-bond acceptors (Lipinski definition) is 3. The Labute approximate surface area is 84.4 Å². The van der Waals surface area contributed by atoms with E-state index < -0.39 is 11.6 Å². The Balaban J connectivity index is 2.22. The van der Waals surface area contributed by atoms with Gasteiger partial charge in [-0.1, -0.05) is 0 Å². The summed E-state index contributed by atoms with van der Waals surface area (Å²) in [5.74, 6) is -0.640. The zero-order valence-electron chi connectivity index (χ0n) is 7.52. The third-order valence-electron chi connectivity index (χ3n) is 1.60. The fourth-order valence-corrected chi connectivity index (χ4v) is 1.03. The van der Waals surface area contributed by atoms with Crippen molar-refractivity contribution in [2.45, 2.75) is 0 Å². The molecule has 0 aliphatic rings. The number of halogens is 2. The van der Waals surface area contributed by atoms with Crippen LogP contribution in [0.3, 0.4) is 0 Å². The first-order chi connectivity index (χ1) is 7.24. The number of hydrogen-bond donors (Lipinski definition) is 0. The molecule has 0 amide bonds. The molecule has 0 fully saturated rings. The summed E-state index contributed by atoms with van der Waals surface area (Å²) >= 11 is 0. The van der Waals surface area contributed by atoms with Gasteiger partial charge in [0.1, 0.15) is 23.1 Å². The molecule has 0 saturated carbocycles. The van der Waals surface area contributed by atoms with Gasteiger partial charge in [0.2, 0.25) is 0 Å². The van der Waals surface area contributed by atoms with E-state index in [0.717, 1.165) is 24.5 Å². The quantitative estimate of drug-likeness (QED) is 0.760. The normalized spacial score (nSPS) is 10.0. The standard InChI is InChI=1S/C10H6F2N2O/c11-7-1-9(5-13-3-7)15-10-2-8(12)4-14-6-10/h1-6H. The molecule has 2 heterocycles. The van der Waals surface area contributed by atoms with E-state index in [1.165, 1.54) is 12.4 Å². The molecule has 0 aromatic carbocycles. The largest absolute Gasteiger partial charge is 0.454 e. The molecule has 2 aromatic rings. The highest BCUT2D eigenvalue weighted by molar-refractivity contribution is 5.26. The Bertz CT molecular complexity index is 433. The molecular formula is C10H6F2N2O. The monoisotopic (exact) mass is 208 g/mol. The average molecular weight is 208 g/mol. The van der Waals surface area contributed by atoms with E-state index in [1.54, 1.807) is 0 Å². The molecule has 0 unspecified atom stereocenters. The van der Waals surface area contributed by atoms with E-state index in [0.29, 0.717) is 0 Å². The predicted octanol–water partition coefficient (Wildman–Crippen LogP) is 2.55. The van der Waals surface area contributed by atoms with E-state index in [2.05, 4.69) is 9.97 Å². The maximum absolute atomic E-state index is 12.7. The molecule has 0 N–H and O–H groups in total. The van der Waals surface area contributed by atoms with Crippen molar-refractivity contribution >= 4 is 0 Å². The predicted molar refractivity (Wildman–Crippen MR) is 48.5 cm³/mol. The molecule has 15 heavy (non-hydrogen) atoms. The lowest BCUT2D eigenvalue weighted by Gasteiger charge is -2.03. The van der Waals surface area contributed by atoms with Crippen molar-refractivity contribution in [2.24, 2.45) is 0 Å². The smallest absolute Gasteiger partial charge is 0.148 e. The first kappa shape index (κ1) is 9.51. The summed E-state index contributed by atoms with van der Waals surface area (Å²) in [6.07, 6.45) is 4.76. The second-order valence-electron chi connectivity index (χ2n) is 2.78. The van der Waals surface area contributed by atoms with Crippen molar-refractivity contribution in [3.63, 3.8) is 0 Å². The molecule has 0 radical (unpaired) electrons. The van der Waals surface area contributed by atoms with Gasteiger partial charge < -0.3 is 4.74 Å². The second kappa shape index (κ2) is 4.00. The highest BCUT2D eigenvalue weighted by Gasteiger charge is 2.00. The maximum atomic E-state index is 12.7. The lowest BCUT2D eigenvalue weighted by Crippen LogP contribution is -1.88. The Morgan fingerprint density at radius 2 is 1.27 bits per heavy atom. The zero-order chi connectivity index (χ0) is 10.7. The molecule has 2 aromatic heterocycles. The Morgan fingerprint density at radius 3 is 1.67 bits per heavy atom. The van der Waals surface area contributed by atoms with Crippen LogP contribution in [-0.4, -0.2) is 9.97 Å². The summed E-state index contributed by atoms with van der Waals surface area (Å²) in [5.41, 5.74) is 0. The topological polar surface area (TPSA) is 35.0 Å². The second-order valence-corrected chi connectivity index (χ2v) is 2.78. The lowest BCUT2D eigenvalue weighted by molar-refractivity contribution is 0.465. The maximum Gasteiger partial charge on any atom is 0.148 e. The van der Waals surface area contributed by atoms with Crippen LogP contribution in [0.5, 0.6) is 11.5 Å². The van der Waals surface area contributed by atoms with Crippen molar-refractivity contribution in [3.8, 4) is 11.5 Å². The molecule has 0 atom stereocenters. The van der Waals surface area contributed by atoms with Crippen LogP contribution in [0.15, 0.2) is 36.9 Å². The van der Waals surface area contributed by atoms with Crippen LogP contribution >= 0.6 is 0 Å². The molecule has 76 valence electrons. The van der Waals surface area contributed by atoms with Crippen LogP contribution < -0.4 is 4.74 Å². The molecule has 3 nitrogen and oxygen atoms in total. The fourth-order valence-electron chi connectivity index (χ4n) is 1.03. The summed E-state index contributed by atoms with van der Waals surface area (Å²) < 4.78 is 30.6. The van der Waals surface area contributed by atoms with Crippen LogP contribution in [0.4, 0.5) is 8.78 Å². The van der Waals surface area contributed by atoms with Crippen LogP contribution in [-0.2, 0) is 0 Å². The summed E-state index contributed by atoms with van der Waals surface area (Å²) in [4.78, 5) is 7.18. The zero-order valence-corrected chi connectivity index (χ0v) is 7.52. The molecule has 0 spiro atoms. The fraction of sp³-hybridized carbons (Fsp3) is 0. The van der Waals surface area contributed by atoms with Gasteiger partial charge in [-0.05, 0) is 0 Å². The van der Waals surface area contributed by atoms with Crippen LogP contribution in [0.2, 0.25) is 0 Å². The summed E-state index contributed by atoms with van der Waals surface area (Å²) in [5, 5.41) is 0. The van der Waals surface area contributed by atoms with Crippen LogP contribution in [0.1, 0.15) is 0 Å². The third-order valence-corrected chi connectivity index (χ3v) is 1.60. The molecular weight excluding hydrogens is 202 g/mol. The Hall–Kier alpha value is -2.04. The number of aromatic nitrogens is 2. The number of rotatable bonds is 2. The summed E-state index contributed by atoms with van der Waals surface area (Å²) in [6.45, 7) is 0. The van der Waals surface area contributed by atoms with Gasteiger partial charge >= 0.3 is 0 Å². The Morgan fingerprint density at radius 1 is 0.800 bits per heavy atom. The molecule has 2 rings (SSSR count). The van der Waals surface area contributed by atoms with Crippen molar-refractivity contribution in [1.82, 2.24) is 9.97 Å².